The predicted molar refractivity (Wildman–Crippen MR) is 98.6 cm³/mol. The molecular formula is C17H18N2O2S2. The molecule has 2 N–H and O–H groups in total. The molecule has 1 aliphatic heterocycles. The Balaban J connectivity index is 2.03. The van der Waals surface area contributed by atoms with Crippen LogP contribution < -0.4 is 15.5 Å². The topological polar surface area (TPSA) is 47.7 Å². The number of anilines is 1. The van der Waals surface area contributed by atoms with Gasteiger partial charge in [-0.2, -0.15) is 5.90 Å². The maximum atomic E-state index is 6.09. The van der Waals surface area contributed by atoms with E-state index in [0.29, 0.717) is 4.90 Å². The second kappa shape index (κ2) is 7.21. The van der Waals surface area contributed by atoms with Gasteiger partial charge in [0, 0.05) is 23.5 Å². The Morgan fingerprint density at radius 2 is 1.83 bits per heavy atom. The molecular weight excluding hydrogens is 328 g/mol. The Hall–Kier alpha value is -1.76. The molecule has 0 aliphatic carbocycles. The minimum Gasteiger partial charge on any atom is -0.454 e. The molecule has 0 radical (unpaired) electrons. The zero-order valence-corrected chi connectivity index (χ0v) is 14.3. The number of rotatable bonds is 4. The zero-order chi connectivity index (χ0) is 16.2. The molecule has 0 atom stereocenters. The van der Waals surface area contributed by atoms with E-state index >= 15 is 0 Å². The first-order valence-corrected chi connectivity index (χ1v) is 8.30. The van der Waals surface area contributed by atoms with Crippen LogP contribution >= 0.6 is 24.8 Å². The van der Waals surface area contributed by atoms with Crippen molar-refractivity contribution in [2.75, 3.05) is 18.0 Å². The van der Waals surface area contributed by atoms with Gasteiger partial charge in [0.05, 0.1) is 5.69 Å². The molecule has 0 amide bonds. The van der Waals surface area contributed by atoms with Gasteiger partial charge in [-0.25, -0.2) is 0 Å². The monoisotopic (exact) mass is 346 g/mol. The van der Waals surface area contributed by atoms with Crippen molar-refractivity contribution < 1.29 is 9.57 Å². The molecule has 1 saturated heterocycles. The van der Waals surface area contributed by atoms with E-state index in [9.17, 15) is 0 Å². The van der Waals surface area contributed by atoms with Crippen LogP contribution in [0.25, 0.3) is 0 Å². The van der Waals surface area contributed by atoms with Crippen LogP contribution in [0.1, 0.15) is 18.4 Å². The summed E-state index contributed by atoms with van der Waals surface area (Å²) in [5.41, 5.74) is 1.70. The van der Waals surface area contributed by atoms with Gasteiger partial charge in [-0.1, -0.05) is 18.2 Å². The summed E-state index contributed by atoms with van der Waals surface area (Å²) in [6, 6.07) is 13.4. The predicted octanol–water partition coefficient (Wildman–Crippen LogP) is 3.93. The van der Waals surface area contributed by atoms with Crippen LogP contribution in [0.4, 0.5) is 5.69 Å². The van der Waals surface area contributed by atoms with Crippen molar-refractivity contribution in [2.24, 2.45) is 5.90 Å². The number of benzene rings is 2. The van der Waals surface area contributed by atoms with E-state index in [-0.39, 0.29) is 5.05 Å². The van der Waals surface area contributed by atoms with Gasteiger partial charge < -0.3 is 14.5 Å². The minimum absolute atomic E-state index is 0.243. The smallest absolute Gasteiger partial charge is 0.217 e. The van der Waals surface area contributed by atoms with E-state index in [0.717, 1.165) is 48.7 Å². The number of hydrogen-bond acceptors (Lipinski definition) is 6. The Kier molecular flexibility index (Phi) is 5.05. The highest BCUT2D eigenvalue weighted by atomic mass is 32.1. The number of para-hydroxylation sites is 1. The summed E-state index contributed by atoms with van der Waals surface area (Å²) < 4.78 is 6.09. The largest absolute Gasteiger partial charge is 0.454 e. The second-order valence-corrected chi connectivity index (χ2v) is 6.21. The number of nitrogens with two attached hydrogens (primary N) is 1. The summed E-state index contributed by atoms with van der Waals surface area (Å²) in [4.78, 5) is 7.69. The van der Waals surface area contributed by atoms with E-state index < -0.39 is 0 Å². The molecule has 0 unspecified atom stereocenters. The van der Waals surface area contributed by atoms with E-state index in [2.05, 4.69) is 17.5 Å². The third-order valence-corrected chi connectivity index (χ3v) is 4.47. The molecule has 1 aliphatic rings. The van der Waals surface area contributed by atoms with Crippen LogP contribution in [0, 0.1) is 0 Å². The van der Waals surface area contributed by atoms with E-state index in [4.69, 9.17) is 27.7 Å². The summed E-state index contributed by atoms with van der Waals surface area (Å²) in [6.07, 6.45) is 2.32. The van der Waals surface area contributed by atoms with Crippen molar-refractivity contribution in [1.29, 1.82) is 0 Å². The van der Waals surface area contributed by atoms with Crippen LogP contribution in [-0.4, -0.2) is 18.1 Å². The molecule has 2 aromatic rings. The quantitative estimate of drug-likeness (QED) is 0.499. The molecule has 1 fully saturated rings. The Bertz CT molecular complexity index is 701. The number of thiocarbonyl (C=S) groups is 1. The van der Waals surface area contributed by atoms with Crippen molar-refractivity contribution in [1.82, 2.24) is 0 Å². The normalized spacial score (nSPS) is 13.9. The van der Waals surface area contributed by atoms with Crippen molar-refractivity contribution in [3.8, 4) is 11.5 Å². The molecule has 0 spiro atoms. The van der Waals surface area contributed by atoms with Gasteiger partial charge in [-0.15, -0.1) is 12.6 Å². The molecule has 4 nitrogen and oxygen atoms in total. The summed E-state index contributed by atoms with van der Waals surface area (Å²) in [6.45, 7) is 1.97. The third-order valence-electron chi connectivity index (χ3n) is 3.80. The first-order valence-electron chi connectivity index (χ1n) is 7.45. The van der Waals surface area contributed by atoms with Gasteiger partial charge in [0.1, 0.15) is 5.75 Å². The van der Waals surface area contributed by atoms with Gasteiger partial charge in [0.15, 0.2) is 5.75 Å². The van der Waals surface area contributed by atoms with Gasteiger partial charge >= 0.3 is 0 Å². The molecule has 23 heavy (non-hydrogen) atoms. The maximum Gasteiger partial charge on any atom is 0.217 e. The highest BCUT2D eigenvalue weighted by Crippen LogP contribution is 2.40. The van der Waals surface area contributed by atoms with E-state index in [1.54, 1.807) is 0 Å². The summed E-state index contributed by atoms with van der Waals surface area (Å²) in [5, 5.41) is 0.243. The first kappa shape index (κ1) is 16.1. The van der Waals surface area contributed by atoms with Crippen LogP contribution in [0.15, 0.2) is 47.4 Å². The fraction of sp³-hybridized carbons (Fsp3) is 0.235. The van der Waals surface area contributed by atoms with Crippen molar-refractivity contribution in [3.05, 3.63) is 48.0 Å². The Morgan fingerprint density at radius 3 is 2.48 bits per heavy atom. The average Bonchev–Trinajstić information content (AvgIpc) is 3.11. The average molecular weight is 346 g/mol. The lowest BCUT2D eigenvalue weighted by Crippen LogP contribution is -2.19. The Morgan fingerprint density at radius 1 is 1.13 bits per heavy atom. The lowest BCUT2D eigenvalue weighted by molar-refractivity contribution is 0.331. The zero-order valence-electron chi connectivity index (χ0n) is 12.6. The van der Waals surface area contributed by atoms with Crippen molar-refractivity contribution in [3.63, 3.8) is 0 Å². The molecule has 0 saturated carbocycles. The van der Waals surface area contributed by atoms with Gasteiger partial charge in [-0.3, -0.25) is 0 Å². The van der Waals surface area contributed by atoms with Gasteiger partial charge in [0.25, 0.3) is 0 Å². The van der Waals surface area contributed by atoms with E-state index in [1.165, 1.54) is 0 Å². The Labute approximate surface area is 146 Å². The molecule has 2 aromatic carbocycles. The number of thiol groups is 1. The number of ether oxygens (including phenoxy) is 1. The van der Waals surface area contributed by atoms with E-state index in [1.807, 2.05) is 42.5 Å². The van der Waals surface area contributed by atoms with Gasteiger partial charge in [0.2, 0.25) is 5.05 Å². The second-order valence-electron chi connectivity index (χ2n) is 5.36. The number of hydrogen-bond donors (Lipinski definition) is 2. The third kappa shape index (κ3) is 3.60. The molecule has 0 aromatic heterocycles. The fourth-order valence-electron chi connectivity index (χ4n) is 2.69. The van der Waals surface area contributed by atoms with Crippen LogP contribution in [0.2, 0.25) is 0 Å². The summed E-state index contributed by atoms with van der Waals surface area (Å²) in [7, 11) is 0. The van der Waals surface area contributed by atoms with Crippen molar-refractivity contribution >= 4 is 35.6 Å². The SMILES string of the molecule is NOC(=S)c1cc(S)c(Oc2ccccc2)c(N2CCCC2)c1. The lowest BCUT2D eigenvalue weighted by atomic mass is 10.1. The minimum atomic E-state index is 0.243. The molecule has 0 bridgehead atoms. The van der Waals surface area contributed by atoms with Crippen LogP contribution in [0.5, 0.6) is 11.5 Å². The number of nitrogens with zero attached hydrogens (tertiary/aromatic N) is 1. The molecule has 6 heteroatoms. The van der Waals surface area contributed by atoms with Crippen LogP contribution in [-0.2, 0) is 4.84 Å². The molecule has 1 heterocycles. The first-order chi connectivity index (χ1) is 11.2. The summed E-state index contributed by atoms with van der Waals surface area (Å²) >= 11 is 9.73. The highest BCUT2D eigenvalue weighted by molar-refractivity contribution is 7.80. The van der Waals surface area contributed by atoms with Crippen LogP contribution in [0.3, 0.4) is 0 Å². The molecule has 120 valence electrons. The lowest BCUT2D eigenvalue weighted by Gasteiger charge is -2.23. The highest BCUT2D eigenvalue weighted by Gasteiger charge is 2.21. The maximum absolute atomic E-state index is 6.09. The molecule has 3 rings (SSSR count). The van der Waals surface area contributed by atoms with Gasteiger partial charge in [-0.05, 0) is 49.3 Å². The fourth-order valence-corrected chi connectivity index (χ4v) is 3.11. The van der Waals surface area contributed by atoms with Crippen molar-refractivity contribution in [2.45, 2.75) is 17.7 Å². The summed E-state index contributed by atoms with van der Waals surface area (Å²) in [5.74, 6) is 6.71. The standard InChI is InChI=1S/C17H18N2O2S2/c18-21-17(23)12-10-14(19-8-4-5-9-19)16(15(22)11-12)20-13-6-2-1-3-7-13/h1-3,6-7,10-11,22H,4-5,8-9,18H2.